The summed E-state index contributed by atoms with van der Waals surface area (Å²) in [5.41, 5.74) is 4.86. The minimum Gasteiger partial charge on any atom is -0.330 e. The molecule has 1 heteroatoms. The van der Waals surface area contributed by atoms with Crippen molar-refractivity contribution in [2.75, 3.05) is 6.54 Å². The molecule has 0 saturated heterocycles. The van der Waals surface area contributed by atoms with E-state index in [-0.39, 0.29) is 0 Å². The minimum atomic E-state index is -2.60. The van der Waals surface area contributed by atoms with Crippen LogP contribution in [0, 0.1) is 0 Å². The molecule has 0 aliphatic heterocycles. The van der Waals surface area contributed by atoms with E-state index in [0.29, 0.717) is 0 Å². The molecule has 2 N–H and O–H groups in total. The Morgan fingerprint density at radius 3 is 3.25 bits per heavy atom. The second kappa shape index (κ2) is 2.96. The first kappa shape index (κ1) is 0.548. The summed E-state index contributed by atoms with van der Waals surface area (Å²) >= 11 is 0. The maximum atomic E-state index is 6.81. The van der Waals surface area contributed by atoms with E-state index >= 15 is 0 Å². The topological polar surface area (TPSA) is 26.0 Å². The first-order chi connectivity index (χ1) is 3.81. The van der Waals surface area contributed by atoms with Gasteiger partial charge in [-0.25, -0.2) is 0 Å². The first-order valence-electron chi connectivity index (χ1n) is 3.51. The molecule has 0 atom stereocenters. The summed E-state index contributed by atoms with van der Waals surface area (Å²) in [6, 6.07) is 0. The van der Waals surface area contributed by atoms with Gasteiger partial charge >= 0.3 is 0 Å². The van der Waals surface area contributed by atoms with Crippen molar-refractivity contribution in [3.05, 3.63) is 0 Å². The predicted octanol–water partition coefficient (Wildman–Crippen LogP) is 0.355. The zero-order valence-electron chi connectivity index (χ0n) is 7.28. The Bertz CT molecular complexity index is 94.9. The normalized spacial score (nSPS) is 32.8. The highest BCUT2D eigenvalue weighted by atomic mass is 14.5. The molecule has 0 bridgehead atoms. The van der Waals surface area contributed by atoms with Crippen LogP contribution in [0.5, 0.6) is 0 Å². The highest BCUT2D eigenvalue weighted by molar-refractivity contribution is 4.19. The molecule has 0 heterocycles. The zero-order valence-corrected chi connectivity index (χ0v) is 2.28. The molecule has 0 spiro atoms. The number of rotatable bonds is 1. The van der Waals surface area contributed by atoms with Crippen LogP contribution in [0.2, 0.25) is 0 Å². The Morgan fingerprint density at radius 1 is 2.50 bits per heavy atom. The van der Waals surface area contributed by atoms with Crippen molar-refractivity contribution in [1.82, 2.24) is 0 Å². The van der Waals surface area contributed by atoms with Crippen LogP contribution in [0.1, 0.15) is 20.1 Å². The third-order valence-electron chi connectivity index (χ3n) is 0.102. The van der Waals surface area contributed by atoms with Crippen LogP contribution < -0.4 is 5.73 Å². The van der Waals surface area contributed by atoms with E-state index < -0.39 is 19.8 Å². The van der Waals surface area contributed by atoms with Crippen LogP contribution in [0.3, 0.4) is 0 Å². The van der Waals surface area contributed by atoms with Gasteiger partial charge in [0.2, 0.25) is 0 Å². The lowest BCUT2D eigenvalue weighted by Crippen LogP contribution is -1.93. The predicted molar refractivity (Wildman–Crippen MR) is 19.3 cm³/mol. The molecule has 0 rings (SSSR count). The van der Waals surface area contributed by atoms with Crippen LogP contribution >= 0.6 is 0 Å². The van der Waals surface area contributed by atoms with Gasteiger partial charge in [0.15, 0.2) is 0 Å². The summed E-state index contributed by atoms with van der Waals surface area (Å²) in [6.07, 6.45) is -2.24. The van der Waals surface area contributed by atoms with Gasteiger partial charge in [-0.1, -0.05) is 6.85 Å². The minimum absolute atomic E-state index is 0.469. The van der Waals surface area contributed by atoms with E-state index in [1.165, 1.54) is 0 Å². The van der Waals surface area contributed by atoms with Crippen molar-refractivity contribution in [1.29, 1.82) is 0 Å². The molecule has 0 unspecified atom stereocenters. The molecule has 0 aliphatic rings. The van der Waals surface area contributed by atoms with E-state index in [2.05, 4.69) is 0 Å². The Hall–Kier alpha value is -0.0400. The Morgan fingerprint density at radius 2 is 3.25 bits per heavy atom. The van der Waals surface area contributed by atoms with Crippen molar-refractivity contribution in [3.8, 4) is 0 Å². The largest absolute Gasteiger partial charge is 0.330 e. The van der Waals surface area contributed by atoms with E-state index in [4.69, 9.17) is 12.6 Å². The third kappa shape index (κ3) is 1.96. The number of hydrogen-bond acceptors (Lipinski definition) is 1. The smallest absolute Gasteiger partial charge is 0.0277 e. The Kier molecular flexibility index (Phi) is 0.405. The van der Waals surface area contributed by atoms with Crippen LogP contribution in [-0.4, -0.2) is 6.54 Å². The molecule has 0 aromatic rings. The summed E-state index contributed by atoms with van der Waals surface area (Å²) in [5, 5.41) is 0. The summed E-state index contributed by atoms with van der Waals surface area (Å²) in [4.78, 5) is 0. The van der Waals surface area contributed by atoms with Crippen molar-refractivity contribution in [2.24, 2.45) is 5.73 Å². The molecule has 1 nitrogen and oxygen atoms in total. The van der Waals surface area contributed by atoms with Gasteiger partial charge in [0.25, 0.3) is 0 Å². The van der Waals surface area contributed by atoms with E-state index in [9.17, 15) is 0 Å². The van der Waals surface area contributed by atoms with Crippen LogP contribution in [0.15, 0.2) is 0 Å². The number of nitrogens with two attached hydrogens (primary N) is 1. The molecule has 0 radical (unpaired) electrons. The summed E-state index contributed by atoms with van der Waals surface area (Å²) < 4.78 is 33.4. The molecular weight excluding hydrogens is 50.0 g/mol. The first-order valence-corrected chi connectivity index (χ1v) is 1.01. The van der Waals surface area contributed by atoms with Gasteiger partial charge in [-0.2, -0.15) is 0 Å². The highest BCUT2D eigenvalue weighted by Gasteiger charge is 1.55. The molecule has 0 aliphatic carbocycles. The van der Waals surface area contributed by atoms with Gasteiger partial charge in [0.1, 0.15) is 0 Å². The Balaban J connectivity index is 4.14. The lowest BCUT2D eigenvalue weighted by molar-refractivity contribution is 0.932. The van der Waals surface area contributed by atoms with Crippen LogP contribution in [0.4, 0.5) is 0 Å². The third-order valence-corrected chi connectivity index (χ3v) is 0.102. The molecule has 0 saturated carbocycles. The lowest BCUT2D eigenvalue weighted by atomic mass is 10.5. The molecule has 0 aromatic carbocycles. The molecule has 0 aromatic heterocycles. The van der Waals surface area contributed by atoms with Gasteiger partial charge in [0, 0.05) is 6.85 Å². The summed E-state index contributed by atoms with van der Waals surface area (Å²) in [7, 11) is 0. The van der Waals surface area contributed by atoms with Crippen molar-refractivity contribution in [3.63, 3.8) is 0 Å². The molecule has 0 amide bonds. The molecule has 26 valence electrons. The van der Waals surface area contributed by atoms with E-state index in [1.54, 1.807) is 0 Å². The monoisotopic (exact) mass is 64.1 g/mol. The molecular formula is C3H9N. The van der Waals surface area contributed by atoms with Crippen LogP contribution in [-0.2, 0) is 0 Å². The highest BCUT2D eigenvalue weighted by Crippen LogP contribution is 1.57. The maximum Gasteiger partial charge on any atom is 0.0277 e. The van der Waals surface area contributed by atoms with Crippen LogP contribution in [0.25, 0.3) is 0 Å². The maximum absolute atomic E-state index is 6.81. The quantitative estimate of drug-likeness (QED) is 0.468. The van der Waals surface area contributed by atoms with Gasteiger partial charge in [0.05, 0.1) is 0 Å². The average molecular weight is 64.1 g/mol. The van der Waals surface area contributed by atoms with Gasteiger partial charge in [-0.3, -0.25) is 0 Å². The number of hydrogen-bond donors (Lipinski definition) is 1. The lowest BCUT2D eigenvalue weighted by Gasteiger charge is -1.70. The van der Waals surface area contributed by atoms with E-state index in [1.807, 2.05) is 0 Å². The fourth-order valence-corrected chi connectivity index (χ4v) is 0. The average Bonchev–Trinajstić information content (AvgIpc) is 1.64. The van der Waals surface area contributed by atoms with Gasteiger partial charge in [-0.15, -0.1) is 0 Å². The second-order valence-electron chi connectivity index (χ2n) is 0.381. The van der Waals surface area contributed by atoms with E-state index in [0.717, 1.165) is 0 Å². The SMILES string of the molecule is [2H]C([2H])([2H])C([2H])([2H])CN. The van der Waals surface area contributed by atoms with Gasteiger partial charge < -0.3 is 5.73 Å². The second-order valence-corrected chi connectivity index (χ2v) is 0.381. The Labute approximate surface area is 33.8 Å². The molecule has 4 heavy (non-hydrogen) atoms. The van der Waals surface area contributed by atoms with Crippen molar-refractivity contribution < 1.29 is 6.85 Å². The summed E-state index contributed by atoms with van der Waals surface area (Å²) in [6.45, 7) is -3.06. The zero-order chi connectivity index (χ0) is 7.71. The fourth-order valence-electron chi connectivity index (χ4n) is 0. The summed E-state index contributed by atoms with van der Waals surface area (Å²) in [5.74, 6) is 0. The van der Waals surface area contributed by atoms with Crippen molar-refractivity contribution >= 4 is 0 Å². The van der Waals surface area contributed by atoms with Crippen molar-refractivity contribution in [2.45, 2.75) is 13.2 Å². The fraction of sp³-hybridized carbons (Fsp3) is 1.00. The standard InChI is InChI=1S/C3H9N/c1-2-3-4/h2-4H2,1H3/i1D3,2D2. The van der Waals surface area contributed by atoms with Gasteiger partial charge in [-0.05, 0) is 12.9 Å². The molecule has 0 fully saturated rings.